The van der Waals surface area contributed by atoms with E-state index in [1.807, 2.05) is 0 Å². The van der Waals surface area contributed by atoms with Gasteiger partial charge in [-0.25, -0.2) is 0 Å². The van der Waals surface area contributed by atoms with Gasteiger partial charge in [-0.15, -0.1) is 0 Å². The van der Waals surface area contributed by atoms with Crippen LogP contribution in [0.5, 0.6) is 0 Å². The summed E-state index contributed by atoms with van der Waals surface area (Å²) in [6.45, 7) is 0. The van der Waals surface area contributed by atoms with Crippen molar-refractivity contribution in [1.82, 2.24) is 0 Å². The van der Waals surface area contributed by atoms with Crippen LogP contribution in [0.25, 0.3) is 21.5 Å². The first-order chi connectivity index (χ1) is 10.7. The molecule has 24 heavy (non-hydrogen) atoms. The Kier molecular flexibility index (Phi) is 11.0. The van der Waals surface area contributed by atoms with Gasteiger partial charge in [0, 0.05) is 48.3 Å². The van der Waals surface area contributed by atoms with Crippen LogP contribution in [0.4, 0.5) is 0 Å². The van der Waals surface area contributed by atoms with Crippen molar-refractivity contribution >= 4 is 225 Å². The van der Waals surface area contributed by atoms with Crippen molar-refractivity contribution in [3.63, 3.8) is 0 Å². The Balaban J connectivity index is 0.00000208. The Morgan fingerprint density at radius 3 is 1.29 bits per heavy atom. The Labute approximate surface area is 274 Å². The molecule has 3 rings (SSSR count). The summed E-state index contributed by atoms with van der Waals surface area (Å²) < 4.78 is 12.3. The van der Waals surface area contributed by atoms with Crippen molar-refractivity contribution in [3.05, 3.63) is 38.2 Å². The Bertz CT molecular complexity index is 1010. The van der Waals surface area contributed by atoms with E-state index in [4.69, 9.17) is 0 Å². The molecule has 0 fully saturated rings. The molecule has 10 heteroatoms. The largest absolute Gasteiger partial charge is 1.00 e. The van der Waals surface area contributed by atoms with Crippen molar-refractivity contribution in [2.45, 2.75) is 0 Å². The van der Waals surface area contributed by atoms with Crippen LogP contribution in [0.2, 0.25) is 0 Å². The van der Waals surface area contributed by atoms with Gasteiger partial charge < -0.3 is 0 Å². The molecule has 0 heterocycles. The van der Waals surface area contributed by atoms with E-state index < -0.39 is 0 Å². The second-order valence-corrected chi connectivity index (χ2v) is 14.3. The van der Waals surface area contributed by atoms with Crippen LogP contribution in [-0.2, 0) is 0 Å². The van der Waals surface area contributed by atoms with Crippen LogP contribution in [0.15, 0.2) is 6.07 Å². The van der Waals surface area contributed by atoms with E-state index in [0.29, 0.717) is 0 Å². The third-order valence-corrected chi connectivity index (χ3v) is 19.0. The minimum absolute atomic E-state index is 0. The molecule has 0 radical (unpaired) electrons. The molecule has 0 saturated carbocycles. The minimum Gasteiger partial charge on any atom is -0.0436 e. The van der Waals surface area contributed by atoms with Crippen molar-refractivity contribution in [1.29, 1.82) is 0 Å². The fourth-order valence-corrected chi connectivity index (χ4v) is 11.1. The normalized spacial score (nSPS) is 11.2. The average Bonchev–Trinajstić information content (AvgIpc) is 2.53. The molecule has 0 spiro atoms. The second-order valence-electron chi connectivity index (χ2n) is 4.54. The van der Waals surface area contributed by atoms with Crippen LogP contribution >= 0.6 is 203 Å². The predicted octanol–water partition coefficient (Wildman–Crippen LogP) is 6.44. The van der Waals surface area contributed by atoms with Gasteiger partial charge in [-0.3, -0.25) is 0 Å². The molecule has 0 aliphatic rings. The maximum atomic E-state index is 2.53. The van der Waals surface area contributed by atoms with Gasteiger partial charge in [0.2, 0.25) is 0 Å². The first-order valence-electron chi connectivity index (χ1n) is 5.78. The molecular formula is C14HI9Li+. The van der Waals surface area contributed by atoms with E-state index in [0.717, 1.165) is 0 Å². The van der Waals surface area contributed by atoms with Crippen molar-refractivity contribution < 1.29 is 18.9 Å². The van der Waals surface area contributed by atoms with E-state index in [1.165, 1.54) is 53.7 Å². The molecule has 0 bridgehead atoms. The van der Waals surface area contributed by atoms with E-state index in [2.05, 4.69) is 209 Å². The molecule has 0 nitrogen and oxygen atoms in total. The van der Waals surface area contributed by atoms with Gasteiger partial charge >= 0.3 is 18.9 Å². The fraction of sp³-hybridized carbons (Fsp3) is 0. The molecule has 0 N–H and O–H groups in total. The molecule has 0 aliphatic carbocycles. The number of fused-ring (bicyclic) bond motifs is 3. The minimum atomic E-state index is 0. The van der Waals surface area contributed by atoms with Crippen LogP contribution in [0.1, 0.15) is 0 Å². The molecule has 3 aromatic carbocycles. The third kappa shape index (κ3) is 4.45. The topological polar surface area (TPSA) is 0 Å². The Hall–Kier alpha value is 5.35. The van der Waals surface area contributed by atoms with Gasteiger partial charge in [0.05, 0.1) is 0 Å². The fourth-order valence-electron chi connectivity index (χ4n) is 2.32. The molecular weight excluding hydrogens is 1320 g/mol. The maximum absolute atomic E-state index is 2.53. The molecule has 3 aromatic rings. The van der Waals surface area contributed by atoms with Crippen molar-refractivity contribution in [2.75, 3.05) is 0 Å². The van der Waals surface area contributed by atoms with Gasteiger partial charge in [-0.05, 0) is 215 Å². The number of benzene rings is 3. The standard InChI is InChI=1S/C14HI9.Li/c15-3-1-2-4(8(17)12(21)11(20)7(2)16)6-5(3)9(18)13(22)14(23)10(6)19;/h1H;/q;+1. The molecule has 0 unspecified atom stereocenters. The second kappa shape index (κ2) is 10.3. The summed E-state index contributed by atoms with van der Waals surface area (Å²) >= 11 is 22.5. The Morgan fingerprint density at radius 1 is 0.417 bits per heavy atom. The summed E-state index contributed by atoms with van der Waals surface area (Å²) in [5.41, 5.74) is 0. The van der Waals surface area contributed by atoms with Gasteiger partial charge in [0.1, 0.15) is 0 Å². The third-order valence-electron chi connectivity index (χ3n) is 3.33. The summed E-state index contributed by atoms with van der Waals surface area (Å²) in [5.74, 6) is 0. The molecule has 0 aromatic heterocycles. The van der Waals surface area contributed by atoms with E-state index in [1.54, 1.807) is 0 Å². The number of rotatable bonds is 0. The summed E-state index contributed by atoms with van der Waals surface area (Å²) in [5, 5.41) is 5.60. The number of hydrogen-bond acceptors (Lipinski definition) is 0. The summed E-state index contributed by atoms with van der Waals surface area (Å²) in [6.07, 6.45) is 0. The van der Waals surface area contributed by atoms with Gasteiger partial charge in [0.25, 0.3) is 0 Å². The summed E-state index contributed by atoms with van der Waals surface area (Å²) in [6, 6.07) is 2.36. The molecule has 0 saturated heterocycles. The molecule has 0 aliphatic heterocycles. The van der Waals surface area contributed by atoms with Crippen molar-refractivity contribution in [2.24, 2.45) is 0 Å². The zero-order valence-electron chi connectivity index (χ0n) is 11.5. The van der Waals surface area contributed by atoms with Crippen LogP contribution in [0, 0.1) is 32.1 Å². The maximum Gasteiger partial charge on any atom is 1.00 e. The predicted molar refractivity (Wildman–Crippen MR) is 176 cm³/mol. The SMILES string of the molecule is Ic1c(I)c(I)c2c(cc(I)c3c(I)c(I)c(I)c(I)c32)c1I.[Li+]. The first kappa shape index (κ1) is 25.6. The van der Waals surface area contributed by atoms with E-state index >= 15 is 0 Å². The van der Waals surface area contributed by atoms with Gasteiger partial charge in [-0.2, -0.15) is 0 Å². The smallest absolute Gasteiger partial charge is 0.0436 e. The van der Waals surface area contributed by atoms with Gasteiger partial charge in [0.15, 0.2) is 0 Å². The van der Waals surface area contributed by atoms with Crippen LogP contribution in [0.3, 0.4) is 0 Å². The van der Waals surface area contributed by atoms with Crippen molar-refractivity contribution in [3.8, 4) is 0 Å². The van der Waals surface area contributed by atoms with E-state index in [-0.39, 0.29) is 18.9 Å². The monoisotopic (exact) mass is 1320 g/mol. The number of halogens is 9. The van der Waals surface area contributed by atoms with Crippen LogP contribution < -0.4 is 18.9 Å². The average molecular weight is 1320 g/mol. The summed E-state index contributed by atoms with van der Waals surface area (Å²) in [4.78, 5) is 0. The Morgan fingerprint density at radius 2 is 0.792 bits per heavy atom. The quantitative estimate of drug-likeness (QED) is 0.0801. The zero-order valence-corrected chi connectivity index (χ0v) is 30.9. The molecule has 120 valence electrons. The molecule has 0 amide bonds. The zero-order chi connectivity index (χ0) is 17.2. The first-order valence-corrected chi connectivity index (χ1v) is 15.5. The summed E-state index contributed by atoms with van der Waals surface area (Å²) in [7, 11) is 0. The number of hydrogen-bond donors (Lipinski definition) is 0. The van der Waals surface area contributed by atoms with E-state index in [9.17, 15) is 0 Å². The van der Waals surface area contributed by atoms with Crippen LogP contribution in [-0.4, -0.2) is 0 Å². The van der Waals surface area contributed by atoms with Gasteiger partial charge in [-0.1, -0.05) is 0 Å². The molecule has 0 atom stereocenters.